The van der Waals surface area contributed by atoms with Gasteiger partial charge in [0.05, 0.1) is 24.4 Å². The Hall–Kier alpha value is -0.870. The second-order valence-electron chi connectivity index (χ2n) is 5.79. The van der Waals surface area contributed by atoms with Gasteiger partial charge in [-0.1, -0.05) is 26.7 Å². The van der Waals surface area contributed by atoms with Crippen LogP contribution in [0.25, 0.3) is 0 Å². The zero-order valence-electron chi connectivity index (χ0n) is 13.1. The smallest absolute Gasteiger partial charge is 0.0911 e. The van der Waals surface area contributed by atoms with Crippen LogP contribution in [-0.2, 0) is 11.3 Å². The van der Waals surface area contributed by atoms with Gasteiger partial charge in [-0.15, -0.1) is 0 Å². The summed E-state index contributed by atoms with van der Waals surface area (Å²) in [6.07, 6.45) is 9.67. The van der Waals surface area contributed by atoms with Crippen molar-refractivity contribution in [3.63, 3.8) is 0 Å². The molecule has 1 aliphatic carbocycles. The SMILES string of the molecule is CCC(CC)n1ccc(COC2CCCCC2NC)n1. The predicted octanol–water partition coefficient (Wildman–Crippen LogP) is 3.29. The van der Waals surface area contributed by atoms with Gasteiger partial charge in [0.25, 0.3) is 0 Å². The van der Waals surface area contributed by atoms with Crippen LogP contribution in [0.15, 0.2) is 12.3 Å². The first-order valence-electron chi connectivity index (χ1n) is 8.11. The van der Waals surface area contributed by atoms with Crippen LogP contribution in [0, 0.1) is 0 Å². The van der Waals surface area contributed by atoms with E-state index < -0.39 is 0 Å². The summed E-state index contributed by atoms with van der Waals surface area (Å²) >= 11 is 0. The first-order chi connectivity index (χ1) is 9.78. The number of rotatable bonds is 7. The zero-order valence-corrected chi connectivity index (χ0v) is 13.1. The number of hydrogen-bond acceptors (Lipinski definition) is 3. The van der Waals surface area contributed by atoms with Crippen molar-refractivity contribution in [3.8, 4) is 0 Å². The first kappa shape index (κ1) is 15.5. The quantitative estimate of drug-likeness (QED) is 0.832. The number of nitrogens with one attached hydrogen (secondary N) is 1. The van der Waals surface area contributed by atoms with Gasteiger partial charge in [-0.3, -0.25) is 4.68 Å². The Morgan fingerprint density at radius 2 is 2.10 bits per heavy atom. The molecule has 1 fully saturated rings. The number of hydrogen-bond donors (Lipinski definition) is 1. The van der Waals surface area contributed by atoms with Crippen molar-refractivity contribution in [1.29, 1.82) is 0 Å². The monoisotopic (exact) mass is 279 g/mol. The summed E-state index contributed by atoms with van der Waals surface area (Å²) in [6, 6.07) is 3.11. The molecule has 1 aromatic heterocycles. The molecular formula is C16H29N3O. The fraction of sp³-hybridized carbons (Fsp3) is 0.812. The molecule has 2 unspecified atom stereocenters. The van der Waals surface area contributed by atoms with Crippen LogP contribution in [0.2, 0.25) is 0 Å². The zero-order chi connectivity index (χ0) is 14.4. The average molecular weight is 279 g/mol. The van der Waals surface area contributed by atoms with Crippen molar-refractivity contribution < 1.29 is 4.74 Å². The molecule has 0 aliphatic heterocycles. The highest BCUT2D eigenvalue weighted by atomic mass is 16.5. The minimum Gasteiger partial charge on any atom is -0.370 e. The Morgan fingerprint density at radius 3 is 2.80 bits per heavy atom. The largest absolute Gasteiger partial charge is 0.370 e. The molecule has 0 amide bonds. The van der Waals surface area contributed by atoms with Crippen molar-refractivity contribution in [2.45, 2.75) is 77.2 Å². The van der Waals surface area contributed by atoms with Crippen LogP contribution in [0.4, 0.5) is 0 Å². The maximum atomic E-state index is 6.09. The van der Waals surface area contributed by atoms with Gasteiger partial charge >= 0.3 is 0 Å². The van der Waals surface area contributed by atoms with Gasteiger partial charge in [0, 0.05) is 12.2 Å². The third-order valence-corrected chi connectivity index (χ3v) is 4.50. The molecule has 2 rings (SSSR count). The molecule has 114 valence electrons. The average Bonchev–Trinajstić information content (AvgIpc) is 2.95. The minimum atomic E-state index is 0.340. The van der Waals surface area contributed by atoms with Crippen molar-refractivity contribution in [2.75, 3.05) is 7.05 Å². The molecule has 2 atom stereocenters. The van der Waals surface area contributed by atoms with Crippen molar-refractivity contribution in [1.82, 2.24) is 15.1 Å². The molecule has 1 saturated carbocycles. The van der Waals surface area contributed by atoms with E-state index in [2.05, 4.69) is 41.2 Å². The lowest BCUT2D eigenvalue weighted by Crippen LogP contribution is -2.41. The van der Waals surface area contributed by atoms with E-state index in [0.717, 1.165) is 18.5 Å². The van der Waals surface area contributed by atoms with Crippen LogP contribution < -0.4 is 5.32 Å². The van der Waals surface area contributed by atoms with Crippen molar-refractivity contribution in [3.05, 3.63) is 18.0 Å². The lowest BCUT2D eigenvalue weighted by Gasteiger charge is -2.31. The Balaban J connectivity index is 1.87. The van der Waals surface area contributed by atoms with E-state index in [1.54, 1.807) is 0 Å². The Bertz CT molecular complexity index is 387. The molecule has 1 N–H and O–H groups in total. The van der Waals surface area contributed by atoms with E-state index in [1.807, 2.05) is 7.05 Å². The Morgan fingerprint density at radius 1 is 1.35 bits per heavy atom. The molecule has 1 aromatic rings. The molecule has 1 aliphatic rings. The molecule has 4 nitrogen and oxygen atoms in total. The summed E-state index contributed by atoms with van der Waals surface area (Å²) in [5, 5.41) is 8.04. The maximum absolute atomic E-state index is 6.09. The molecule has 0 aromatic carbocycles. The fourth-order valence-electron chi connectivity index (χ4n) is 3.14. The van der Waals surface area contributed by atoms with Gasteiger partial charge in [0.1, 0.15) is 0 Å². The molecular weight excluding hydrogens is 250 g/mol. The molecule has 0 bridgehead atoms. The van der Waals surface area contributed by atoms with Crippen LogP contribution in [-0.4, -0.2) is 29.0 Å². The topological polar surface area (TPSA) is 39.1 Å². The Labute approximate surface area is 122 Å². The lowest BCUT2D eigenvalue weighted by molar-refractivity contribution is -0.00526. The normalized spacial score (nSPS) is 23.4. The maximum Gasteiger partial charge on any atom is 0.0911 e. The Kier molecular flexibility index (Phi) is 6.05. The molecule has 4 heteroatoms. The molecule has 0 spiro atoms. The fourth-order valence-corrected chi connectivity index (χ4v) is 3.14. The number of aromatic nitrogens is 2. The highest BCUT2D eigenvalue weighted by Crippen LogP contribution is 2.22. The molecule has 0 radical (unpaired) electrons. The van der Waals surface area contributed by atoms with E-state index in [1.165, 1.54) is 25.7 Å². The van der Waals surface area contributed by atoms with E-state index in [4.69, 9.17) is 4.74 Å². The van der Waals surface area contributed by atoms with E-state index in [9.17, 15) is 0 Å². The molecule has 0 saturated heterocycles. The summed E-state index contributed by atoms with van der Waals surface area (Å²) < 4.78 is 8.19. The van der Waals surface area contributed by atoms with Gasteiger partial charge in [-0.05, 0) is 38.8 Å². The van der Waals surface area contributed by atoms with Gasteiger partial charge in [-0.25, -0.2) is 0 Å². The van der Waals surface area contributed by atoms with Gasteiger partial charge in [0.2, 0.25) is 0 Å². The van der Waals surface area contributed by atoms with Gasteiger partial charge in [-0.2, -0.15) is 5.10 Å². The summed E-state index contributed by atoms with van der Waals surface area (Å²) in [6.45, 7) is 5.06. The standard InChI is InChI=1S/C16H29N3O/c1-4-14(5-2)19-11-10-13(18-19)12-20-16-9-7-6-8-15(16)17-3/h10-11,14-17H,4-9,12H2,1-3H3. The van der Waals surface area contributed by atoms with Crippen molar-refractivity contribution in [2.24, 2.45) is 0 Å². The third-order valence-electron chi connectivity index (χ3n) is 4.50. The van der Waals surface area contributed by atoms with E-state index >= 15 is 0 Å². The van der Waals surface area contributed by atoms with Gasteiger partial charge < -0.3 is 10.1 Å². The highest BCUT2D eigenvalue weighted by Gasteiger charge is 2.24. The van der Waals surface area contributed by atoms with Crippen LogP contribution in [0.1, 0.15) is 64.1 Å². The minimum absolute atomic E-state index is 0.340. The molecule has 20 heavy (non-hydrogen) atoms. The third kappa shape index (κ3) is 3.83. The van der Waals surface area contributed by atoms with Crippen LogP contribution >= 0.6 is 0 Å². The van der Waals surface area contributed by atoms with Gasteiger partial charge in [0.15, 0.2) is 0 Å². The molecule has 1 heterocycles. The number of likely N-dealkylation sites (N-methyl/N-ethyl adjacent to an activating group) is 1. The number of nitrogens with zero attached hydrogens (tertiary/aromatic N) is 2. The van der Waals surface area contributed by atoms with Crippen molar-refractivity contribution >= 4 is 0 Å². The lowest BCUT2D eigenvalue weighted by atomic mass is 9.92. The summed E-state index contributed by atoms with van der Waals surface area (Å²) in [5.74, 6) is 0. The second kappa shape index (κ2) is 7.79. The van der Waals surface area contributed by atoms with Crippen LogP contribution in [0.5, 0.6) is 0 Å². The van der Waals surface area contributed by atoms with Crippen LogP contribution in [0.3, 0.4) is 0 Å². The predicted molar refractivity (Wildman–Crippen MR) is 81.7 cm³/mol. The summed E-state index contributed by atoms with van der Waals surface area (Å²) in [7, 11) is 2.04. The summed E-state index contributed by atoms with van der Waals surface area (Å²) in [5.41, 5.74) is 1.05. The van der Waals surface area contributed by atoms with E-state index in [-0.39, 0.29) is 0 Å². The highest BCUT2D eigenvalue weighted by molar-refractivity contribution is 4.98. The summed E-state index contributed by atoms with van der Waals surface area (Å²) in [4.78, 5) is 0. The second-order valence-corrected chi connectivity index (χ2v) is 5.79. The van der Waals surface area contributed by atoms with E-state index in [0.29, 0.717) is 24.8 Å². The number of ether oxygens (including phenoxy) is 1. The first-order valence-corrected chi connectivity index (χ1v) is 8.11.